The summed E-state index contributed by atoms with van der Waals surface area (Å²) < 4.78 is 50.0. The molecule has 0 aliphatic heterocycles. The normalized spacial score (nSPS) is 12.5. The average Bonchev–Trinajstić information content (AvgIpc) is 2.64. The molecule has 11 nitrogen and oxygen atoms in total. The number of carboxylic acid groups (broad SMARTS) is 1. The van der Waals surface area contributed by atoms with E-state index in [1.807, 2.05) is 0 Å². The van der Waals surface area contributed by atoms with Gasteiger partial charge in [-0.15, -0.1) is 0 Å². The van der Waals surface area contributed by atoms with Gasteiger partial charge in [0.05, 0.1) is 0 Å². The number of alkyl carbamates (subject to hydrolysis) is 1. The highest BCUT2D eigenvalue weighted by molar-refractivity contribution is 7.88. The number of nitrogens with one attached hydrogen (secondary N) is 3. The highest BCUT2D eigenvalue weighted by atomic mass is 32.2. The first-order chi connectivity index (χ1) is 14.8. The summed E-state index contributed by atoms with van der Waals surface area (Å²) in [5.74, 6) is -1.72. The quantitative estimate of drug-likeness (QED) is 0.352. The van der Waals surface area contributed by atoms with Gasteiger partial charge in [-0.05, 0) is 57.7 Å². The fourth-order valence-electron chi connectivity index (χ4n) is 2.30. The van der Waals surface area contributed by atoms with E-state index in [9.17, 15) is 32.3 Å². The summed E-state index contributed by atoms with van der Waals surface area (Å²) in [6.45, 7) is 4.51. The van der Waals surface area contributed by atoms with E-state index in [2.05, 4.69) is 10.0 Å². The molecule has 1 atom stereocenters. The van der Waals surface area contributed by atoms with Crippen molar-refractivity contribution in [2.24, 2.45) is 0 Å². The van der Waals surface area contributed by atoms with Crippen LogP contribution in [0, 0.1) is 5.82 Å². The first-order valence-electron chi connectivity index (χ1n) is 9.68. The number of carbonyl (C=O) groups is 3. The SMILES string of the molecule is CC(C)(C)OC(=O)NS(=O)(=O)NCCCC[C@H](NC(=O)OCc1ccc(F)cc1)C(=O)O. The van der Waals surface area contributed by atoms with Crippen LogP contribution in [0.1, 0.15) is 45.6 Å². The molecule has 2 amide bonds. The van der Waals surface area contributed by atoms with Crippen LogP contribution in [0.4, 0.5) is 14.0 Å². The Kier molecular flexibility index (Phi) is 10.3. The average molecular weight is 478 g/mol. The zero-order valence-corrected chi connectivity index (χ0v) is 18.8. The zero-order valence-electron chi connectivity index (χ0n) is 18.0. The lowest BCUT2D eigenvalue weighted by molar-refractivity contribution is -0.139. The van der Waals surface area contributed by atoms with Crippen LogP contribution < -0.4 is 14.8 Å². The number of carboxylic acids is 1. The van der Waals surface area contributed by atoms with Crippen molar-refractivity contribution in [3.05, 3.63) is 35.6 Å². The number of halogens is 1. The number of unbranched alkanes of at least 4 members (excludes halogenated alkanes) is 1. The lowest BCUT2D eigenvalue weighted by atomic mass is 10.1. The van der Waals surface area contributed by atoms with Crippen molar-refractivity contribution in [3.8, 4) is 0 Å². The lowest BCUT2D eigenvalue weighted by Crippen LogP contribution is -2.43. The number of hydrogen-bond donors (Lipinski definition) is 4. The Morgan fingerprint density at radius 1 is 1.09 bits per heavy atom. The van der Waals surface area contributed by atoms with Crippen molar-refractivity contribution in [3.63, 3.8) is 0 Å². The van der Waals surface area contributed by atoms with Crippen LogP contribution >= 0.6 is 0 Å². The second kappa shape index (κ2) is 12.2. The third kappa shape index (κ3) is 12.1. The molecular weight excluding hydrogens is 449 g/mol. The van der Waals surface area contributed by atoms with Crippen molar-refractivity contribution < 1.29 is 41.8 Å². The molecule has 0 aliphatic rings. The molecule has 0 aliphatic carbocycles. The zero-order chi connectivity index (χ0) is 24.4. The van der Waals surface area contributed by atoms with E-state index in [1.54, 1.807) is 25.5 Å². The number of carbonyl (C=O) groups excluding carboxylic acids is 2. The van der Waals surface area contributed by atoms with Gasteiger partial charge >= 0.3 is 28.4 Å². The minimum atomic E-state index is -4.13. The Bertz CT molecular complexity index is 885. The van der Waals surface area contributed by atoms with E-state index in [-0.39, 0.29) is 32.4 Å². The van der Waals surface area contributed by atoms with Gasteiger partial charge in [0, 0.05) is 6.54 Å². The first kappa shape index (κ1) is 27.1. The first-order valence-corrected chi connectivity index (χ1v) is 11.2. The number of aliphatic carboxylic acids is 1. The van der Waals surface area contributed by atoms with Gasteiger partial charge in [-0.25, -0.2) is 23.5 Å². The monoisotopic (exact) mass is 477 g/mol. The molecule has 1 rings (SSSR count). The Morgan fingerprint density at radius 2 is 1.72 bits per heavy atom. The van der Waals surface area contributed by atoms with E-state index in [1.165, 1.54) is 24.3 Å². The van der Waals surface area contributed by atoms with Gasteiger partial charge in [-0.2, -0.15) is 13.1 Å². The van der Waals surface area contributed by atoms with Gasteiger partial charge in [0.25, 0.3) is 0 Å². The topological polar surface area (TPSA) is 160 Å². The molecule has 4 N–H and O–H groups in total. The van der Waals surface area contributed by atoms with Crippen LogP contribution in [-0.4, -0.2) is 49.9 Å². The molecule has 0 spiro atoms. The smallest absolute Gasteiger partial charge is 0.422 e. The number of rotatable bonds is 11. The van der Waals surface area contributed by atoms with Crippen LogP contribution in [-0.2, 0) is 31.1 Å². The number of benzene rings is 1. The summed E-state index contributed by atoms with van der Waals surface area (Å²) in [6, 6.07) is 4.01. The molecule has 32 heavy (non-hydrogen) atoms. The molecular formula is C19H28FN3O8S. The van der Waals surface area contributed by atoms with Crippen molar-refractivity contribution in [2.75, 3.05) is 6.54 Å². The molecule has 0 fully saturated rings. The molecule has 1 aromatic rings. The Balaban J connectivity index is 2.34. The third-order valence-corrected chi connectivity index (χ3v) is 4.72. The standard InChI is InChI=1S/C19H28FN3O8S/c1-19(2,3)31-18(27)23-32(28,29)21-11-5-4-6-15(16(24)25)22-17(26)30-12-13-7-9-14(20)10-8-13/h7-10,15,21H,4-6,11-12H2,1-3H3,(H,22,26)(H,23,27)(H,24,25)/t15-/m0/s1. The molecule has 1 aromatic carbocycles. The second-order valence-corrected chi connectivity index (χ2v) is 9.23. The molecule has 0 bridgehead atoms. The molecule has 0 aromatic heterocycles. The summed E-state index contributed by atoms with van der Waals surface area (Å²) in [4.78, 5) is 34.6. The number of hydrogen-bond acceptors (Lipinski definition) is 7. The van der Waals surface area contributed by atoms with Crippen LogP contribution in [0.3, 0.4) is 0 Å². The summed E-state index contributed by atoms with van der Waals surface area (Å²) in [7, 11) is -4.13. The van der Waals surface area contributed by atoms with E-state index in [0.717, 1.165) is 0 Å². The highest BCUT2D eigenvalue weighted by Gasteiger charge is 2.22. The fraction of sp³-hybridized carbons (Fsp3) is 0.526. The number of amides is 2. The highest BCUT2D eigenvalue weighted by Crippen LogP contribution is 2.07. The molecule has 0 saturated carbocycles. The maximum Gasteiger partial charge on any atom is 0.422 e. The fourth-order valence-corrected chi connectivity index (χ4v) is 3.04. The van der Waals surface area contributed by atoms with Gasteiger partial charge in [-0.1, -0.05) is 12.1 Å². The molecule has 0 saturated heterocycles. The third-order valence-electron chi connectivity index (χ3n) is 3.70. The van der Waals surface area contributed by atoms with Crippen molar-refractivity contribution in [1.82, 2.24) is 14.8 Å². The van der Waals surface area contributed by atoms with E-state index < -0.39 is 45.8 Å². The van der Waals surface area contributed by atoms with E-state index in [0.29, 0.717) is 5.56 Å². The van der Waals surface area contributed by atoms with Gasteiger partial charge in [-0.3, -0.25) is 0 Å². The molecule has 13 heteroatoms. The Hall–Kier alpha value is -2.93. The maximum atomic E-state index is 12.9. The van der Waals surface area contributed by atoms with E-state index in [4.69, 9.17) is 9.47 Å². The summed E-state index contributed by atoms with van der Waals surface area (Å²) in [5.41, 5.74) is -0.334. The Morgan fingerprint density at radius 3 is 2.28 bits per heavy atom. The van der Waals surface area contributed by atoms with Gasteiger partial charge in [0.15, 0.2) is 0 Å². The van der Waals surface area contributed by atoms with Gasteiger partial charge in [0.1, 0.15) is 24.1 Å². The summed E-state index contributed by atoms with van der Waals surface area (Å²) >= 11 is 0. The van der Waals surface area contributed by atoms with Crippen molar-refractivity contribution in [1.29, 1.82) is 0 Å². The predicted octanol–water partition coefficient (Wildman–Crippen LogP) is 2.03. The van der Waals surface area contributed by atoms with Crippen LogP contribution in [0.25, 0.3) is 0 Å². The maximum absolute atomic E-state index is 12.9. The Labute approximate surface area is 185 Å². The van der Waals surface area contributed by atoms with Crippen molar-refractivity contribution >= 4 is 28.4 Å². The molecule has 180 valence electrons. The van der Waals surface area contributed by atoms with Crippen molar-refractivity contribution in [2.45, 2.75) is 58.3 Å². The minimum absolute atomic E-state index is 0.0161. The number of ether oxygens (including phenoxy) is 2. The van der Waals surface area contributed by atoms with Crippen LogP contribution in [0.5, 0.6) is 0 Å². The van der Waals surface area contributed by atoms with Gasteiger partial charge < -0.3 is 19.9 Å². The summed E-state index contributed by atoms with van der Waals surface area (Å²) in [6.07, 6.45) is -1.57. The molecule has 0 unspecified atom stereocenters. The minimum Gasteiger partial charge on any atom is -0.480 e. The van der Waals surface area contributed by atoms with Gasteiger partial charge in [0.2, 0.25) is 0 Å². The summed E-state index contributed by atoms with van der Waals surface area (Å²) in [5, 5.41) is 11.4. The second-order valence-electron chi connectivity index (χ2n) is 7.74. The predicted molar refractivity (Wildman–Crippen MR) is 111 cm³/mol. The lowest BCUT2D eigenvalue weighted by Gasteiger charge is -2.19. The molecule has 0 heterocycles. The largest absolute Gasteiger partial charge is 0.480 e. The van der Waals surface area contributed by atoms with E-state index >= 15 is 0 Å². The van der Waals surface area contributed by atoms with Crippen LogP contribution in [0.15, 0.2) is 24.3 Å². The van der Waals surface area contributed by atoms with Crippen LogP contribution in [0.2, 0.25) is 0 Å². The molecule has 0 radical (unpaired) electrons.